The molecule has 20 heavy (non-hydrogen) atoms. The van der Waals surface area contributed by atoms with Gasteiger partial charge in [0.15, 0.2) is 0 Å². The molecule has 5 heteroatoms. The van der Waals surface area contributed by atoms with Crippen molar-refractivity contribution in [3.8, 4) is 0 Å². The molecule has 1 unspecified atom stereocenters. The van der Waals surface area contributed by atoms with E-state index in [1.54, 1.807) is 18.2 Å². The number of hydrogen-bond donors (Lipinski definition) is 1. The molecule has 1 N–H and O–H groups in total. The zero-order valence-electron chi connectivity index (χ0n) is 11.3. The molecule has 0 aliphatic heterocycles. The molecule has 0 aliphatic carbocycles. The Balaban J connectivity index is 2.25. The van der Waals surface area contributed by atoms with Crippen molar-refractivity contribution >= 4 is 26.0 Å². The summed E-state index contributed by atoms with van der Waals surface area (Å²) in [5, 5.41) is 0. The first-order chi connectivity index (χ1) is 9.40. The molecule has 1 atom stereocenters. The number of aryl methyl sites for hydroxylation is 1. The third kappa shape index (κ3) is 3.48. The van der Waals surface area contributed by atoms with Gasteiger partial charge < -0.3 is 0 Å². The number of nitrogens with one attached hydrogen (secondary N) is 1. The fraction of sp³-hybridized carbons (Fsp3) is 0.200. The van der Waals surface area contributed by atoms with Crippen molar-refractivity contribution in [2.24, 2.45) is 0 Å². The summed E-state index contributed by atoms with van der Waals surface area (Å²) >= 11 is 3.37. The molecule has 0 aromatic heterocycles. The van der Waals surface area contributed by atoms with Crippen molar-refractivity contribution in [3.63, 3.8) is 0 Å². The van der Waals surface area contributed by atoms with Gasteiger partial charge in [0, 0.05) is 10.5 Å². The van der Waals surface area contributed by atoms with E-state index >= 15 is 0 Å². The van der Waals surface area contributed by atoms with E-state index in [-0.39, 0.29) is 10.9 Å². The predicted octanol–water partition coefficient (Wildman–Crippen LogP) is 3.80. The summed E-state index contributed by atoms with van der Waals surface area (Å²) in [6, 6.07) is 14.2. The first kappa shape index (κ1) is 15.2. The minimum Gasteiger partial charge on any atom is -0.207 e. The van der Waals surface area contributed by atoms with Crippen LogP contribution in [0.3, 0.4) is 0 Å². The number of hydrogen-bond acceptors (Lipinski definition) is 2. The van der Waals surface area contributed by atoms with Crippen molar-refractivity contribution < 1.29 is 8.42 Å². The van der Waals surface area contributed by atoms with Gasteiger partial charge in [-0.15, -0.1) is 0 Å². The standard InChI is InChI=1S/C15H16BrNO2S/c1-11-10-14(8-9-15(11)16)20(18,19)17-12(2)13-6-4-3-5-7-13/h3-10,12,17H,1-2H3. The van der Waals surface area contributed by atoms with Crippen LogP contribution in [0.1, 0.15) is 24.1 Å². The number of benzene rings is 2. The average Bonchev–Trinajstić information content (AvgIpc) is 2.42. The third-order valence-electron chi connectivity index (χ3n) is 3.07. The van der Waals surface area contributed by atoms with Crippen molar-refractivity contribution in [1.29, 1.82) is 0 Å². The second kappa shape index (κ2) is 6.08. The Kier molecular flexibility index (Phi) is 4.62. The molecule has 106 valence electrons. The quantitative estimate of drug-likeness (QED) is 0.908. The smallest absolute Gasteiger partial charge is 0.207 e. The Morgan fingerprint density at radius 1 is 1.10 bits per heavy atom. The molecule has 0 saturated heterocycles. The van der Waals surface area contributed by atoms with E-state index in [2.05, 4.69) is 20.7 Å². The Morgan fingerprint density at radius 2 is 1.75 bits per heavy atom. The third-order valence-corrected chi connectivity index (χ3v) is 5.50. The van der Waals surface area contributed by atoms with Crippen LogP contribution in [0.15, 0.2) is 57.9 Å². The largest absolute Gasteiger partial charge is 0.241 e. The molecule has 2 rings (SSSR count). The van der Waals surface area contributed by atoms with E-state index < -0.39 is 10.0 Å². The van der Waals surface area contributed by atoms with Gasteiger partial charge in [0.1, 0.15) is 0 Å². The van der Waals surface area contributed by atoms with Gasteiger partial charge in [-0.1, -0.05) is 46.3 Å². The SMILES string of the molecule is Cc1cc(S(=O)(=O)NC(C)c2ccccc2)ccc1Br. The van der Waals surface area contributed by atoms with E-state index in [0.717, 1.165) is 15.6 Å². The van der Waals surface area contributed by atoms with Crippen LogP contribution in [0.5, 0.6) is 0 Å². The van der Waals surface area contributed by atoms with Crippen LogP contribution < -0.4 is 4.72 Å². The highest BCUT2D eigenvalue weighted by Crippen LogP contribution is 2.21. The van der Waals surface area contributed by atoms with Gasteiger partial charge in [-0.2, -0.15) is 0 Å². The maximum absolute atomic E-state index is 12.4. The molecule has 0 spiro atoms. The van der Waals surface area contributed by atoms with Gasteiger partial charge in [-0.05, 0) is 43.2 Å². The van der Waals surface area contributed by atoms with Gasteiger partial charge in [0.05, 0.1) is 4.90 Å². The molecule has 0 amide bonds. The maximum Gasteiger partial charge on any atom is 0.241 e. The van der Waals surface area contributed by atoms with E-state index in [4.69, 9.17) is 0 Å². The number of halogens is 1. The molecule has 0 heterocycles. The zero-order chi connectivity index (χ0) is 14.8. The normalized spacial score (nSPS) is 13.2. The van der Waals surface area contributed by atoms with Crippen LogP contribution in [0.2, 0.25) is 0 Å². The number of rotatable bonds is 4. The lowest BCUT2D eigenvalue weighted by atomic mass is 10.1. The van der Waals surface area contributed by atoms with Gasteiger partial charge in [-0.3, -0.25) is 0 Å². The van der Waals surface area contributed by atoms with Crippen molar-refractivity contribution in [2.45, 2.75) is 24.8 Å². The molecule has 0 radical (unpaired) electrons. The lowest BCUT2D eigenvalue weighted by molar-refractivity contribution is 0.567. The highest BCUT2D eigenvalue weighted by atomic mass is 79.9. The summed E-state index contributed by atoms with van der Waals surface area (Å²) in [5.74, 6) is 0. The van der Waals surface area contributed by atoms with Gasteiger partial charge >= 0.3 is 0 Å². The van der Waals surface area contributed by atoms with Crippen LogP contribution in [0.25, 0.3) is 0 Å². The fourth-order valence-corrected chi connectivity index (χ4v) is 3.46. The molecule has 2 aromatic carbocycles. The molecular formula is C15H16BrNO2S. The van der Waals surface area contributed by atoms with Gasteiger partial charge in [0.25, 0.3) is 0 Å². The molecule has 2 aromatic rings. The minimum atomic E-state index is -3.52. The zero-order valence-corrected chi connectivity index (χ0v) is 13.7. The van der Waals surface area contributed by atoms with Crippen LogP contribution in [0.4, 0.5) is 0 Å². The molecule has 3 nitrogen and oxygen atoms in total. The second-order valence-electron chi connectivity index (χ2n) is 4.66. The fourth-order valence-electron chi connectivity index (χ4n) is 1.89. The van der Waals surface area contributed by atoms with Gasteiger partial charge in [-0.25, -0.2) is 13.1 Å². The summed E-state index contributed by atoms with van der Waals surface area (Å²) < 4.78 is 28.3. The predicted molar refractivity (Wildman–Crippen MR) is 84.1 cm³/mol. The first-order valence-corrected chi connectivity index (χ1v) is 8.51. The van der Waals surface area contributed by atoms with Crippen LogP contribution >= 0.6 is 15.9 Å². The molecule has 0 fully saturated rings. The first-order valence-electron chi connectivity index (χ1n) is 6.23. The highest BCUT2D eigenvalue weighted by Gasteiger charge is 2.18. The second-order valence-corrected chi connectivity index (χ2v) is 7.23. The van der Waals surface area contributed by atoms with Crippen LogP contribution in [-0.4, -0.2) is 8.42 Å². The Hall–Kier alpha value is -1.17. The summed E-state index contributed by atoms with van der Waals surface area (Å²) in [6.07, 6.45) is 0. The van der Waals surface area contributed by atoms with E-state index in [0.29, 0.717) is 0 Å². The molecule has 0 bridgehead atoms. The topological polar surface area (TPSA) is 46.2 Å². The van der Waals surface area contributed by atoms with Crippen molar-refractivity contribution in [1.82, 2.24) is 4.72 Å². The van der Waals surface area contributed by atoms with E-state index in [1.165, 1.54) is 0 Å². The molecular weight excluding hydrogens is 338 g/mol. The minimum absolute atomic E-state index is 0.273. The molecule has 0 saturated carbocycles. The van der Waals surface area contributed by atoms with Crippen LogP contribution in [-0.2, 0) is 10.0 Å². The summed E-state index contributed by atoms with van der Waals surface area (Å²) in [5.41, 5.74) is 1.82. The summed E-state index contributed by atoms with van der Waals surface area (Å²) in [4.78, 5) is 0.279. The Bertz CT molecular complexity index is 699. The average molecular weight is 354 g/mol. The van der Waals surface area contributed by atoms with E-state index in [1.807, 2.05) is 44.2 Å². The Labute approximate surface area is 128 Å². The van der Waals surface area contributed by atoms with Crippen molar-refractivity contribution in [3.05, 3.63) is 64.1 Å². The van der Waals surface area contributed by atoms with Crippen LogP contribution in [0, 0.1) is 6.92 Å². The summed E-state index contributed by atoms with van der Waals surface area (Å²) in [7, 11) is -3.52. The molecule has 0 aliphatic rings. The lowest BCUT2D eigenvalue weighted by Gasteiger charge is -2.15. The van der Waals surface area contributed by atoms with Gasteiger partial charge in [0.2, 0.25) is 10.0 Å². The monoisotopic (exact) mass is 353 g/mol. The Morgan fingerprint density at radius 3 is 2.35 bits per heavy atom. The van der Waals surface area contributed by atoms with E-state index in [9.17, 15) is 8.42 Å². The lowest BCUT2D eigenvalue weighted by Crippen LogP contribution is -2.26. The van der Waals surface area contributed by atoms with Crippen molar-refractivity contribution in [2.75, 3.05) is 0 Å². The maximum atomic E-state index is 12.4. The summed E-state index contributed by atoms with van der Waals surface area (Å²) in [6.45, 7) is 3.70. The number of sulfonamides is 1. The highest BCUT2D eigenvalue weighted by molar-refractivity contribution is 9.10.